The van der Waals surface area contributed by atoms with Gasteiger partial charge in [-0.1, -0.05) is 6.92 Å². The molecule has 0 bridgehead atoms. The van der Waals surface area contributed by atoms with Gasteiger partial charge in [0.1, 0.15) is 0 Å². The molecule has 2 fully saturated rings. The largest absolute Gasteiger partial charge is 0.342 e. The molecule has 114 valence electrons. The molecule has 2 atom stereocenters. The number of rotatable bonds is 2. The van der Waals surface area contributed by atoms with Crippen LogP contribution >= 0.6 is 0 Å². The van der Waals surface area contributed by atoms with E-state index in [1.807, 2.05) is 24.5 Å². The number of fused-ring (bicyclic) bond motifs is 1. The second-order valence-electron chi connectivity index (χ2n) is 6.72. The van der Waals surface area contributed by atoms with Gasteiger partial charge in [0, 0.05) is 48.4 Å². The van der Waals surface area contributed by atoms with Crippen molar-refractivity contribution in [2.45, 2.75) is 32.1 Å². The number of likely N-dealkylation sites (tertiary alicyclic amines) is 1. The fraction of sp³-hybridized carbons (Fsp3) is 0.500. The zero-order valence-electron chi connectivity index (χ0n) is 12.9. The Bertz CT molecular complexity index is 706. The Morgan fingerprint density at radius 1 is 1.27 bits per heavy atom. The van der Waals surface area contributed by atoms with Gasteiger partial charge in [-0.15, -0.1) is 0 Å². The molecule has 0 spiro atoms. The lowest BCUT2D eigenvalue weighted by Crippen LogP contribution is -2.39. The van der Waals surface area contributed by atoms with Gasteiger partial charge in [0.25, 0.3) is 0 Å². The zero-order valence-corrected chi connectivity index (χ0v) is 12.9. The summed E-state index contributed by atoms with van der Waals surface area (Å²) in [5.41, 5.74) is 2.14. The van der Waals surface area contributed by atoms with Gasteiger partial charge < -0.3 is 4.90 Å². The average molecular weight is 295 g/mol. The molecule has 1 saturated carbocycles. The zero-order chi connectivity index (χ0) is 15.1. The Hall–Kier alpha value is -1.97. The van der Waals surface area contributed by atoms with Crippen molar-refractivity contribution in [2.75, 3.05) is 13.1 Å². The Labute approximate surface area is 130 Å². The highest BCUT2D eigenvalue weighted by atomic mass is 16.2. The van der Waals surface area contributed by atoms with Crippen LogP contribution in [0.2, 0.25) is 0 Å². The molecule has 1 aliphatic heterocycles. The van der Waals surface area contributed by atoms with E-state index in [9.17, 15) is 4.79 Å². The summed E-state index contributed by atoms with van der Waals surface area (Å²) in [6.45, 7) is 3.91. The topological polar surface area (TPSA) is 46.1 Å². The first-order chi connectivity index (χ1) is 10.7. The van der Waals surface area contributed by atoms with Crippen LogP contribution < -0.4 is 0 Å². The molecule has 0 N–H and O–H groups in total. The minimum absolute atomic E-state index is 0.305. The molecular weight excluding hydrogens is 274 g/mol. The van der Waals surface area contributed by atoms with E-state index in [-0.39, 0.29) is 0 Å². The molecule has 4 nitrogen and oxygen atoms in total. The Morgan fingerprint density at radius 2 is 2.05 bits per heavy atom. The van der Waals surface area contributed by atoms with Gasteiger partial charge in [-0.05, 0) is 43.4 Å². The van der Waals surface area contributed by atoms with Crippen molar-refractivity contribution in [3.63, 3.8) is 0 Å². The van der Waals surface area contributed by atoms with Crippen molar-refractivity contribution >= 4 is 16.8 Å². The first-order valence-corrected chi connectivity index (χ1v) is 8.22. The van der Waals surface area contributed by atoms with Crippen LogP contribution in [0.25, 0.3) is 10.9 Å². The predicted octanol–water partition coefficient (Wildman–Crippen LogP) is 2.99. The molecule has 4 rings (SSSR count). The molecule has 2 aliphatic rings. The molecule has 22 heavy (non-hydrogen) atoms. The fourth-order valence-electron chi connectivity index (χ4n) is 3.50. The average Bonchev–Trinajstić information content (AvgIpc) is 3.31. The lowest BCUT2D eigenvalue weighted by Gasteiger charge is -2.32. The van der Waals surface area contributed by atoms with E-state index in [0.717, 1.165) is 48.9 Å². The van der Waals surface area contributed by atoms with Gasteiger partial charge in [-0.3, -0.25) is 14.8 Å². The van der Waals surface area contributed by atoms with E-state index >= 15 is 0 Å². The third-order valence-corrected chi connectivity index (χ3v) is 5.16. The number of pyridine rings is 2. The van der Waals surface area contributed by atoms with Gasteiger partial charge in [0.15, 0.2) is 0 Å². The number of aromatic nitrogens is 2. The van der Waals surface area contributed by atoms with Gasteiger partial charge >= 0.3 is 0 Å². The van der Waals surface area contributed by atoms with Crippen molar-refractivity contribution in [1.29, 1.82) is 0 Å². The predicted molar refractivity (Wildman–Crippen MR) is 85.4 cm³/mol. The summed E-state index contributed by atoms with van der Waals surface area (Å²) in [5.74, 6) is 1.73. The van der Waals surface area contributed by atoms with Crippen molar-refractivity contribution in [1.82, 2.24) is 14.9 Å². The van der Waals surface area contributed by atoms with Crippen molar-refractivity contribution in [3.05, 3.63) is 36.3 Å². The second-order valence-corrected chi connectivity index (χ2v) is 6.72. The third-order valence-electron chi connectivity index (χ3n) is 5.16. The number of piperidine rings is 1. The summed E-state index contributed by atoms with van der Waals surface area (Å²) in [6.07, 6.45) is 6.85. The number of carbonyl (C=O) groups is 1. The number of hydrogen-bond donors (Lipinski definition) is 0. The molecule has 1 saturated heterocycles. The summed E-state index contributed by atoms with van der Waals surface area (Å²) < 4.78 is 0. The summed E-state index contributed by atoms with van der Waals surface area (Å²) in [6, 6.07) is 6.09. The lowest BCUT2D eigenvalue weighted by atomic mass is 9.92. The minimum Gasteiger partial charge on any atom is -0.342 e. The van der Waals surface area contributed by atoms with Crippen molar-refractivity contribution in [3.8, 4) is 0 Å². The van der Waals surface area contributed by atoms with E-state index in [0.29, 0.717) is 23.7 Å². The molecule has 4 heteroatoms. The minimum atomic E-state index is 0.305. The van der Waals surface area contributed by atoms with Gasteiger partial charge in [0.2, 0.25) is 5.91 Å². The summed E-state index contributed by atoms with van der Waals surface area (Å²) >= 11 is 0. The molecule has 1 amide bonds. The Kier molecular flexibility index (Phi) is 3.32. The van der Waals surface area contributed by atoms with Crippen LogP contribution in [0, 0.1) is 11.8 Å². The van der Waals surface area contributed by atoms with E-state index < -0.39 is 0 Å². The fourth-order valence-corrected chi connectivity index (χ4v) is 3.50. The van der Waals surface area contributed by atoms with Crippen LogP contribution in [0.5, 0.6) is 0 Å². The SMILES string of the molecule is CC1CC1C(=O)N1CCC(c2cc3ncccc3cn2)CC1. The molecule has 1 aliphatic carbocycles. The van der Waals surface area contributed by atoms with E-state index in [4.69, 9.17) is 0 Å². The molecule has 2 unspecified atom stereocenters. The normalized spacial score (nSPS) is 25.4. The molecule has 3 heterocycles. The third kappa shape index (κ3) is 2.47. The lowest BCUT2D eigenvalue weighted by molar-refractivity contribution is -0.133. The van der Waals surface area contributed by atoms with Crippen molar-refractivity contribution < 1.29 is 4.79 Å². The van der Waals surface area contributed by atoms with E-state index in [1.165, 1.54) is 0 Å². The van der Waals surface area contributed by atoms with Crippen LogP contribution in [0.3, 0.4) is 0 Å². The smallest absolute Gasteiger partial charge is 0.225 e. The first-order valence-electron chi connectivity index (χ1n) is 8.22. The first kappa shape index (κ1) is 13.7. The summed E-state index contributed by atoms with van der Waals surface area (Å²) in [7, 11) is 0. The highest BCUT2D eigenvalue weighted by Gasteiger charge is 2.42. The highest BCUT2D eigenvalue weighted by molar-refractivity contribution is 5.81. The van der Waals surface area contributed by atoms with Crippen LogP contribution in [0.1, 0.15) is 37.8 Å². The number of carbonyl (C=O) groups excluding carboxylic acids is 1. The van der Waals surface area contributed by atoms with Gasteiger partial charge in [0.05, 0.1) is 5.52 Å². The quantitative estimate of drug-likeness (QED) is 0.855. The van der Waals surface area contributed by atoms with E-state index in [1.54, 1.807) is 0 Å². The van der Waals surface area contributed by atoms with Gasteiger partial charge in [-0.2, -0.15) is 0 Å². The maximum Gasteiger partial charge on any atom is 0.225 e. The molecule has 0 radical (unpaired) electrons. The highest BCUT2D eigenvalue weighted by Crippen LogP contribution is 2.40. The molecule has 2 aromatic heterocycles. The van der Waals surface area contributed by atoms with Crippen LogP contribution in [-0.2, 0) is 4.79 Å². The molecule has 2 aromatic rings. The van der Waals surface area contributed by atoms with Gasteiger partial charge in [-0.25, -0.2) is 0 Å². The standard InChI is InChI=1S/C18H21N3O/c1-12-9-15(12)18(22)21-7-4-13(5-8-21)16-10-17-14(11-20-16)3-2-6-19-17/h2-3,6,10-13,15H,4-5,7-9H2,1H3. The van der Waals surface area contributed by atoms with Crippen LogP contribution in [0.4, 0.5) is 0 Å². The monoisotopic (exact) mass is 295 g/mol. The second kappa shape index (κ2) is 5.34. The number of nitrogens with zero attached hydrogens (tertiary/aromatic N) is 3. The van der Waals surface area contributed by atoms with E-state index in [2.05, 4.69) is 27.9 Å². The summed E-state index contributed by atoms with van der Waals surface area (Å²) in [5, 5.41) is 1.08. The van der Waals surface area contributed by atoms with Crippen molar-refractivity contribution in [2.24, 2.45) is 11.8 Å². The van der Waals surface area contributed by atoms with Crippen LogP contribution in [-0.4, -0.2) is 33.9 Å². The maximum atomic E-state index is 12.3. The Balaban J connectivity index is 1.45. The molecular formula is C18H21N3O. The number of hydrogen-bond acceptors (Lipinski definition) is 3. The molecule has 0 aromatic carbocycles. The maximum absolute atomic E-state index is 12.3. The Morgan fingerprint density at radius 3 is 2.77 bits per heavy atom. The number of amides is 1. The van der Waals surface area contributed by atoms with Crippen LogP contribution in [0.15, 0.2) is 30.6 Å². The summed E-state index contributed by atoms with van der Waals surface area (Å²) in [4.78, 5) is 23.4.